The third-order valence-corrected chi connectivity index (χ3v) is 2.60. The summed E-state index contributed by atoms with van der Waals surface area (Å²) in [5, 5.41) is 10.8. The maximum Gasteiger partial charge on any atom is 0.330 e. The predicted octanol–water partition coefficient (Wildman–Crippen LogP) is 3.19. The van der Waals surface area contributed by atoms with Crippen molar-refractivity contribution in [2.45, 2.75) is 20.5 Å². The molecule has 0 saturated heterocycles. The molecule has 0 aliphatic carbocycles. The Morgan fingerprint density at radius 3 is 2.58 bits per heavy atom. The van der Waals surface area contributed by atoms with Crippen molar-refractivity contribution < 1.29 is 9.66 Å². The van der Waals surface area contributed by atoms with Crippen LogP contribution in [0.3, 0.4) is 0 Å². The Bertz CT molecular complexity index is 591. The molecule has 0 N–H and O–H groups in total. The summed E-state index contributed by atoms with van der Waals surface area (Å²) in [5.41, 5.74) is 3.12. The van der Waals surface area contributed by atoms with Crippen molar-refractivity contribution in [3.8, 4) is 5.88 Å². The molecular formula is C14H14N2O3. The van der Waals surface area contributed by atoms with Crippen LogP contribution in [0.4, 0.5) is 5.69 Å². The Balaban J connectivity index is 2.16. The molecule has 0 saturated carbocycles. The van der Waals surface area contributed by atoms with E-state index in [1.165, 1.54) is 18.3 Å². The van der Waals surface area contributed by atoms with Gasteiger partial charge in [-0.25, -0.2) is 4.98 Å². The normalized spacial score (nSPS) is 10.2. The van der Waals surface area contributed by atoms with Gasteiger partial charge in [0.05, 0.1) is 4.92 Å². The highest BCUT2D eigenvalue weighted by Gasteiger charge is 2.15. The van der Waals surface area contributed by atoms with Crippen molar-refractivity contribution in [2.24, 2.45) is 0 Å². The first-order valence-electron chi connectivity index (χ1n) is 5.85. The molecule has 0 aliphatic heterocycles. The van der Waals surface area contributed by atoms with Crippen molar-refractivity contribution in [3.63, 3.8) is 0 Å². The van der Waals surface area contributed by atoms with Crippen LogP contribution in [0.5, 0.6) is 5.88 Å². The minimum atomic E-state index is -0.496. The third-order valence-electron chi connectivity index (χ3n) is 2.60. The molecule has 98 valence electrons. The molecule has 5 heteroatoms. The zero-order chi connectivity index (χ0) is 13.8. The van der Waals surface area contributed by atoms with Crippen LogP contribution >= 0.6 is 0 Å². The molecule has 0 amide bonds. The number of hydrogen-bond acceptors (Lipinski definition) is 4. The molecule has 0 bridgehead atoms. The number of aryl methyl sites for hydroxylation is 2. The van der Waals surface area contributed by atoms with Gasteiger partial charge in [-0.2, -0.15) is 0 Å². The van der Waals surface area contributed by atoms with Gasteiger partial charge in [0.2, 0.25) is 0 Å². The van der Waals surface area contributed by atoms with Crippen LogP contribution in [0.2, 0.25) is 0 Å². The largest absolute Gasteiger partial charge is 0.468 e. The second kappa shape index (κ2) is 5.48. The first kappa shape index (κ1) is 13.0. The van der Waals surface area contributed by atoms with Gasteiger partial charge in [-0.3, -0.25) is 10.1 Å². The molecule has 1 heterocycles. The predicted molar refractivity (Wildman–Crippen MR) is 71.1 cm³/mol. The Hall–Kier alpha value is -2.43. The van der Waals surface area contributed by atoms with E-state index in [0.717, 1.165) is 16.7 Å². The van der Waals surface area contributed by atoms with Gasteiger partial charge in [0.25, 0.3) is 5.88 Å². The SMILES string of the molecule is Cc1cc(C)cc(COc2ncccc2[N+](=O)[O-])c1. The fraction of sp³-hybridized carbons (Fsp3) is 0.214. The van der Waals surface area contributed by atoms with Crippen LogP contribution in [0.15, 0.2) is 36.5 Å². The van der Waals surface area contributed by atoms with E-state index in [1.54, 1.807) is 0 Å². The first-order valence-corrected chi connectivity index (χ1v) is 5.85. The highest BCUT2D eigenvalue weighted by atomic mass is 16.6. The molecule has 0 unspecified atom stereocenters. The molecule has 0 spiro atoms. The van der Waals surface area contributed by atoms with E-state index in [9.17, 15) is 10.1 Å². The minimum Gasteiger partial charge on any atom is -0.468 e. The van der Waals surface area contributed by atoms with Crippen LogP contribution < -0.4 is 4.74 Å². The molecule has 1 aromatic heterocycles. The van der Waals surface area contributed by atoms with Gasteiger partial charge in [0.15, 0.2) is 0 Å². The van der Waals surface area contributed by atoms with Gasteiger partial charge < -0.3 is 4.74 Å². The standard InChI is InChI=1S/C14H14N2O3/c1-10-6-11(2)8-12(7-10)9-19-14-13(16(17)18)4-3-5-15-14/h3-8H,9H2,1-2H3. The van der Waals surface area contributed by atoms with E-state index >= 15 is 0 Å². The molecule has 1 aromatic carbocycles. The average Bonchev–Trinajstić information content (AvgIpc) is 2.35. The van der Waals surface area contributed by atoms with E-state index in [0.29, 0.717) is 0 Å². The lowest BCUT2D eigenvalue weighted by molar-refractivity contribution is -0.386. The maximum atomic E-state index is 10.8. The molecule has 0 fully saturated rings. The van der Waals surface area contributed by atoms with Crippen molar-refractivity contribution in [3.05, 3.63) is 63.3 Å². The Morgan fingerprint density at radius 1 is 1.26 bits per heavy atom. The van der Waals surface area contributed by atoms with Crippen LogP contribution in [0.1, 0.15) is 16.7 Å². The molecule has 0 atom stereocenters. The summed E-state index contributed by atoms with van der Waals surface area (Å²) in [6.07, 6.45) is 1.48. The minimum absolute atomic E-state index is 0.0478. The van der Waals surface area contributed by atoms with Crippen LogP contribution in [-0.4, -0.2) is 9.91 Å². The van der Waals surface area contributed by atoms with Crippen molar-refractivity contribution in [2.75, 3.05) is 0 Å². The highest BCUT2D eigenvalue weighted by Crippen LogP contribution is 2.24. The number of benzene rings is 1. The summed E-state index contributed by atoms with van der Waals surface area (Å²) in [6.45, 7) is 4.26. The lowest BCUT2D eigenvalue weighted by atomic mass is 10.1. The van der Waals surface area contributed by atoms with Crippen LogP contribution in [-0.2, 0) is 6.61 Å². The number of nitro groups is 1. The number of pyridine rings is 1. The lowest BCUT2D eigenvalue weighted by Crippen LogP contribution is -2.01. The van der Waals surface area contributed by atoms with Gasteiger partial charge in [0, 0.05) is 12.3 Å². The second-order valence-corrected chi connectivity index (χ2v) is 4.37. The summed E-state index contributed by atoms with van der Waals surface area (Å²) in [4.78, 5) is 14.2. The van der Waals surface area contributed by atoms with E-state index < -0.39 is 4.92 Å². The number of aromatic nitrogens is 1. The quantitative estimate of drug-likeness (QED) is 0.624. The van der Waals surface area contributed by atoms with E-state index in [1.807, 2.05) is 26.0 Å². The fourth-order valence-electron chi connectivity index (χ4n) is 1.94. The van der Waals surface area contributed by atoms with E-state index in [-0.39, 0.29) is 18.2 Å². The van der Waals surface area contributed by atoms with Gasteiger partial charge in [0.1, 0.15) is 6.61 Å². The summed E-state index contributed by atoms with van der Waals surface area (Å²) in [7, 11) is 0. The molecule has 0 radical (unpaired) electrons. The molecular weight excluding hydrogens is 244 g/mol. The zero-order valence-corrected chi connectivity index (χ0v) is 10.8. The molecule has 0 aliphatic rings. The number of ether oxygens (including phenoxy) is 1. The summed E-state index contributed by atoms with van der Waals surface area (Å²) < 4.78 is 5.44. The second-order valence-electron chi connectivity index (χ2n) is 4.37. The summed E-state index contributed by atoms with van der Waals surface area (Å²) >= 11 is 0. The molecule has 2 aromatic rings. The first-order chi connectivity index (χ1) is 9.06. The van der Waals surface area contributed by atoms with Gasteiger partial charge >= 0.3 is 5.69 Å². The Kier molecular flexibility index (Phi) is 3.75. The number of rotatable bonds is 4. The Morgan fingerprint density at radius 2 is 1.95 bits per heavy atom. The summed E-state index contributed by atoms with van der Waals surface area (Å²) in [6, 6.07) is 8.93. The number of nitrogens with zero attached hydrogens (tertiary/aromatic N) is 2. The monoisotopic (exact) mass is 258 g/mol. The lowest BCUT2D eigenvalue weighted by Gasteiger charge is -2.07. The number of hydrogen-bond donors (Lipinski definition) is 0. The maximum absolute atomic E-state index is 10.8. The van der Waals surface area contributed by atoms with Crippen molar-refractivity contribution in [1.82, 2.24) is 4.98 Å². The summed E-state index contributed by atoms with van der Waals surface area (Å²) in [5.74, 6) is 0.0478. The van der Waals surface area contributed by atoms with Gasteiger partial charge in [-0.1, -0.05) is 29.3 Å². The highest BCUT2D eigenvalue weighted by molar-refractivity contribution is 5.40. The van der Waals surface area contributed by atoms with E-state index in [4.69, 9.17) is 4.74 Å². The fourth-order valence-corrected chi connectivity index (χ4v) is 1.94. The smallest absolute Gasteiger partial charge is 0.330 e. The molecule has 19 heavy (non-hydrogen) atoms. The van der Waals surface area contributed by atoms with Gasteiger partial charge in [-0.05, 0) is 25.5 Å². The van der Waals surface area contributed by atoms with Crippen LogP contribution in [0.25, 0.3) is 0 Å². The third kappa shape index (κ3) is 3.28. The average molecular weight is 258 g/mol. The topological polar surface area (TPSA) is 65.3 Å². The van der Waals surface area contributed by atoms with Crippen molar-refractivity contribution in [1.29, 1.82) is 0 Å². The molecule has 5 nitrogen and oxygen atoms in total. The zero-order valence-electron chi connectivity index (χ0n) is 10.8. The van der Waals surface area contributed by atoms with Crippen molar-refractivity contribution >= 4 is 5.69 Å². The molecule has 2 rings (SSSR count). The van der Waals surface area contributed by atoms with Crippen LogP contribution in [0, 0.1) is 24.0 Å². The van der Waals surface area contributed by atoms with E-state index in [2.05, 4.69) is 11.1 Å². The van der Waals surface area contributed by atoms with Gasteiger partial charge in [-0.15, -0.1) is 0 Å². The Labute approximate surface area is 111 Å².